The maximum absolute atomic E-state index is 12.7. The first-order valence-corrected chi connectivity index (χ1v) is 7.99. The molecule has 0 atom stereocenters. The molecule has 0 bridgehead atoms. The van der Waals surface area contributed by atoms with Crippen LogP contribution in [0.4, 0.5) is 11.4 Å². The van der Waals surface area contributed by atoms with Crippen LogP contribution in [0, 0.1) is 0 Å². The van der Waals surface area contributed by atoms with Crippen LogP contribution in [0.1, 0.15) is 45.2 Å². The topological polar surface area (TPSA) is 116 Å². The van der Waals surface area contributed by atoms with E-state index in [0.717, 1.165) is 0 Å². The number of amides is 1. The van der Waals surface area contributed by atoms with Gasteiger partial charge < -0.3 is 15.8 Å². The van der Waals surface area contributed by atoms with E-state index in [1.807, 2.05) is 0 Å². The fraction of sp³-hybridized carbons (Fsp3) is 0.158. The Morgan fingerprint density at radius 1 is 1.00 bits per heavy atom. The highest BCUT2D eigenvalue weighted by atomic mass is 16.5. The molecule has 1 aliphatic rings. The van der Waals surface area contributed by atoms with Gasteiger partial charge in [0.25, 0.3) is 0 Å². The van der Waals surface area contributed by atoms with Crippen molar-refractivity contribution in [2.24, 2.45) is 0 Å². The second-order valence-electron chi connectivity index (χ2n) is 5.72. The van der Waals surface area contributed by atoms with Crippen molar-refractivity contribution in [3.63, 3.8) is 0 Å². The number of ketones is 2. The first kappa shape index (κ1) is 17.3. The van der Waals surface area contributed by atoms with Crippen LogP contribution in [-0.4, -0.2) is 30.0 Å². The van der Waals surface area contributed by atoms with Gasteiger partial charge in [-0.25, -0.2) is 0 Å². The van der Waals surface area contributed by atoms with Crippen molar-refractivity contribution in [3.8, 4) is 0 Å². The van der Waals surface area contributed by atoms with E-state index in [9.17, 15) is 19.2 Å². The van der Waals surface area contributed by atoms with Gasteiger partial charge in [0.15, 0.2) is 11.6 Å². The van der Waals surface area contributed by atoms with E-state index >= 15 is 0 Å². The summed E-state index contributed by atoms with van der Waals surface area (Å²) in [6, 6.07) is 9.25. The lowest BCUT2D eigenvalue weighted by Gasteiger charge is -2.19. The summed E-state index contributed by atoms with van der Waals surface area (Å²) in [5.74, 6) is -1.91. The van der Waals surface area contributed by atoms with Crippen LogP contribution in [-0.2, 0) is 14.3 Å². The van der Waals surface area contributed by atoms with Gasteiger partial charge in [-0.15, -0.1) is 0 Å². The van der Waals surface area contributed by atoms with Gasteiger partial charge in [0, 0.05) is 22.3 Å². The van der Waals surface area contributed by atoms with Gasteiger partial charge in [0.2, 0.25) is 5.91 Å². The van der Waals surface area contributed by atoms with Crippen LogP contribution in [0.5, 0.6) is 0 Å². The smallest absolute Gasteiger partial charge is 0.315 e. The molecule has 7 nitrogen and oxygen atoms in total. The monoisotopic (exact) mass is 352 g/mol. The molecule has 7 heteroatoms. The molecule has 0 fully saturated rings. The lowest BCUT2D eigenvalue weighted by molar-refractivity contribution is -0.145. The van der Waals surface area contributed by atoms with Gasteiger partial charge >= 0.3 is 5.97 Å². The molecule has 0 saturated heterocycles. The molecule has 0 radical (unpaired) electrons. The van der Waals surface area contributed by atoms with E-state index in [4.69, 9.17) is 10.5 Å². The Labute approximate surface area is 149 Å². The summed E-state index contributed by atoms with van der Waals surface area (Å²) in [7, 11) is 0. The maximum atomic E-state index is 12.7. The predicted octanol–water partition coefficient (Wildman–Crippen LogP) is 1.94. The molecule has 2 aromatic carbocycles. The fourth-order valence-electron chi connectivity index (χ4n) is 2.81. The Hall–Kier alpha value is -3.48. The van der Waals surface area contributed by atoms with Crippen LogP contribution in [0.25, 0.3) is 0 Å². The van der Waals surface area contributed by atoms with E-state index in [2.05, 4.69) is 5.32 Å². The number of esters is 1. The number of ether oxygens (including phenoxy) is 1. The number of carbonyl (C=O) groups is 4. The van der Waals surface area contributed by atoms with Crippen molar-refractivity contribution >= 4 is 34.8 Å². The second kappa shape index (κ2) is 6.79. The van der Waals surface area contributed by atoms with Crippen LogP contribution >= 0.6 is 0 Å². The van der Waals surface area contributed by atoms with E-state index in [1.54, 1.807) is 31.2 Å². The van der Waals surface area contributed by atoms with Gasteiger partial charge in [-0.3, -0.25) is 19.2 Å². The Kier molecular flexibility index (Phi) is 4.53. The number of benzene rings is 2. The Morgan fingerprint density at radius 2 is 1.58 bits per heavy atom. The zero-order valence-electron chi connectivity index (χ0n) is 14.0. The molecule has 3 N–H and O–H groups in total. The van der Waals surface area contributed by atoms with Gasteiger partial charge in [0.1, 0.15) is 6.42 Å². The van der Waals surface area contributed by atoms with Crippen LogP contribution < -0.4 is 11.1 Å². The number of rotatable bonds is 4. The van der Waals surface area contributed by atoms with Gasteiger partial charge in [-0.2, -0.15) is 0 Å². The largest absolute Gasteiger partial charge is 0.466 e. The number of carbonyl (C=O) groups excluding carboxylic acids is 4. The van der Waals surface area contributed by atoms with Crippen molar-refractivity contribution in [3.05, 3.63) is 58.7 Å². The van der Waals surface area contributed by atoms with E-state index < -0.39 is 18.3 Å². The molecule has 3 rings (SSSR count). The van der Waals surface area contributed by atoms with E-state index in [1.165, 1.54) is 12.1 Å². The normalized spacial score (nSPS) is 12.2. The molecule has 0 spiro atoms. The molecule has 1 aliphatic carbocycles. The molecular weight excluding hydrogens is 336 g/mol. The first-order chi connectivity index (χ1) is 12.4. The summed E-state index contributed by atoms with van der Waals surface area (Å²) in [6.07, 6.45) is -0.472. The minimum atomic E-state index is -0.665. The standard InChI is InChI=1S/C19H16N2O5/c1-2-26-17(23)9-16(22)21-15-8-13-12(7-14(15)20)18(24)10-5-3-4-6-11(10)19(13)25/h3-8H,2,9,20H2,1H3,(H,21,22). The summed E-state index contributed by atoms with van der Waals surface area (Å²) in [5.41, 5.74) is 7.19. The molecule has 0 saturated carbocycles. The fourth-order valence-corrected chi connectivity index (χ4v) is 2.81. The lowest BCUT2D eigenvalue weighted by Crippen LogP contribution is -2.23. The van der Waals surface area contributed by atoms with Gasteiger partial charge in [-0.05, 0) is 19.1 Å². The van der Waals surface area contributed by atoms with E-state index in [0.29, 0.717) is 11.1 Å². The van der Waals surface area contributed by atoms with Crippen molar-refractivity contribution < 1.29 is 23.9 Å². The molecule has 132 valence electrons. The highest BCUT2D eigenvalue weighted by Crippen LogP contribution is 2.32. The van der Waals surface area contributed by atoms with Crippen molar-refractivity contribution in [2.45, 2.75) is 13.3 Å². The second-order valence-corrected chi connectivity index (χ2v) is 5.72. The van der Waals surface area contributed by atoms with Crippen molar-refractivity contribution in [2.75, 3.05) is 17.7 Å². The average Bonchev–Trinajstić information content (AvgIpc) is 2.61. The Bertz CT molecular complexity index is 949. The molecule has 26 heavy (non-hydrogen) atoms. The maximum Gasteiger partial charge on any atom is 0.315 e. The molecule has 1 amide bonds. The lowest BCUT2D eigenvalue weighted by atomic mass is 9.83. The SMILES string of the molecule is CCOC(=O)CC(=O)Nc1cc2c(cc1N)C(=O)c1ccccc1C2=O. The minimum Gasteiger partial charge on any atom is -0.466 e. The number of anilines is 2. The summed E-state index contributed by atoms with van der Waals surface area (Å²) >= 11 is 0. The number of nitrogen functional groups attached to an aromatic ring is 1. The van der Waals surface area contributed by atoms with E-state index in [-0.39, 0.29) is 40.7 Å². The number of nitrogens with two attached hydrogens (primary N) is 1. The zero-order valence-corrected chi connectivity index (χ0v) is 14.0. The number of fused-ring (bicyclic) bond motifs is 2. The average molecular weight is 352 g/mol. The van der Waals surface area contributed by atoms with Crippen LogP contribution in [0.2, 0.25) is 0 Å². The van der Waals surface area contributed by atoms with Gasteiger partial charge in [0.05, 0.1) is 18.0 Å². The number of hydrogen-bond donors (Lipinski definition) is 2. The molecule has 0 heterocycles. The van der Waals surface area contributed by atoms with Crippen molar-refractivity contribution in [1.29, 1.82) is 0 Å². The third-order valence-corrected chi connectivity index (χ3v) is 3.98. The third kappa shape index (κ3) is 3.06. The van der Waals surface area contributed by atoms with Gasteiger partial charge in [-0.1, -0.05) is 24.3 Å². The molecule has 0 unspecified atom stereocenters. The summed E-state index contributed by atoms with van der Waals surface area (Å²) in [6.45, 7) is 1.81. The molecule has 0 aromatic heterocycles. The highest BCUT2D eigenvalue weighted by molar-refractivity contribution is 6.29. The van der Waals surface area contributed by atoms with Crippen LogP contribution in [0.15, 0.2) is 36.4 Å². The molecule has 0 aliphatic heterocycles. The predicted molar refractivity (Wildman–Crippen MR) is 94.0 cm³/mol. The molecule has 2 aromatic rings. The van der Waals surface area contributed by atoms with Crippen molar-refractivity contribution in [1.82, 2.24) is 0 Å². The van der Waals surface area contributed by atoms with Crippen LogP contribution in [0.3, 0.4) is 0 Å². The Balaban J connectivity index is 1.92. The minimum absolute atomic E-state index is 0.126. The third-order valence-electron chi connectivity index (χ3n) is 3.98. The highest BCUT2D eigenvalue weighted by Gasteiger charge is 2.30. The quantitative estimate of drug-likeness (QED) is 0.421. The zero-order chi connectivity index (χ0) is 18.8. The summed E-state index contributed by atoms with van der Waals surface area (Å²) < 4.78 is 4.71. The molecular formula is C19H16N2O5. The summed E-state index contributed by atoms with van der Waals surface area (Å²) in [4.78, 5) is 48.6. The number of nitrogens with one attached hydrogen (secondary N) is 1. The summed E-state index contributed by atoms with van der Waals surface area (Å²) in [5, 5.41) is 2.48. The number of hydrogen-bond acceptors (Lipinski definition) is 6. The first-order valence-electron chi connectivity index (χ1n) is 7.99. The Morgan fingerprint density at radius 3 is 2.15 bits per heavy atom.